The van der Waals surface area contributed by atoms with E-state index in [2.05, 4.69) is 15.3 Å². The largest absolute Gasteiger partial charge is 0.461 e. The molecular formula is C13H23N3O3. The number of aryl methyl sites for hydroxylation is 1. The summed E-state index contributed by atoms with van der Waals surface area (Å²) in [5, 5.41) is 3.07. The number of rotatable bonds is 10. The zero-order chi connectivity index (χ0) is 13.9. The lowest BCUT2D eigenvalue weighted by molar-refractivity contribution is 0.0782. The van der Waals surface area contributed by atoms with E-state index in [0.717, 1.165) is 30.8 Å². The normalized spacial score (nSPS) is 10.7. The number of hydrogen-bond acceptors (Lipinski definition) is 6. The minimum Gasteiger partial charge on any atom is -0.461 e. The summed E-state index contributed by atoms with van der Waals surface area (Å²) in [5.74, 6) is 0. The van der Waals surface area contributed by atoms with Gasteiger partial charge in [-0.25, -0.2) is 9.97 Å². The SMILES string of the molecule is CNCc1cnc(OCCOCCCOC)nc1C. The maximum Gasteiger partial charge on any atom is 0.316 e. The van der Waals surface area contributed by atoms with Crippen LogP contribution in [0.2, 0.25) is 0 Å². The van der Waals surface area contributed by atoms with Crippen molar-refractivity contribution < 1.29 is 14.2 Å². The van der Waals surface area contributed by atoms with Crippen molar-refractivity contribution in [2.45, 2.75) is 19.9 Å². The molecule has 0 saturated carbocycles. The highest BCUT2D eigenvalue weighted by molar-refractivity contribution is 5.17. The van der Waals surface area contributed by atoms with Crippen LogP contribution in [0.3, 0.4) is 0 Å². The van der Waals surface area contributed by atoms with Gasteiger partial charge in [0.2, 0.25) is 0 Å². The van der Waals surface area contributed by atoms with Crippen molar-refractivity contribution in [2.75, 3.05) is 40.6 Å². The van der Waals surface area contributed by atoms with E-state index in [1.165, 1.54) is 0 Å². The smallest absolute Gasteiger partial charge is 0.316 e. The summed E-state index contributed by atoms with van der Waals surface area (Å²) in [6.07, 6.45) is 2.68. The summed E-state index contributed by atoms with van der Waals surface area (Å²) in [4.78, 5) is 8.45. The molecule has 0 saturated heterocycles. The second-order valence-electron chi connectivity index (χ2n) is 4.10. The minimum atomic E-state index is 0.401. The molecule has 108 valence electrons. The van der Waals surface area contributed by atoms with E-state index >= 15 is 0 Å². The molecule has 1 heterocycles. The molecule has 0 aliphatic rings. The van der Waals surface area contributed by atoms with E-state index < -0.39 is 0 Å². The summed E-state index contributed by atoms with van der Waals surface area (Å²) >= 11 is 0. The fourth-order valence-electron chi connectivity index (χ4n) is 1.50. The van der Waals surface area contributed by atoms with Gasteiger partial charge in [-0.1, -0.05) is 0 Å². The molecular weight excluding hydrogens is 246 g/mol. The van der Waals surface area contributed by atoms with Crippen molar-refractivity contribution in [1.82, 2.24) is 15.3 Å². The fourth-order valence-corrected chi connectivity index (χ4v) is 1.50. The Labute approximate surface area is 114 Å². The van der Waals surface area contributed by atoms with Gasteiger partial charge in [0.05, 0.1) is 6.61 Å². The Morgan fingerprint density at radius 3 is 2.74 bits per heavy atom. The van der Waals surface area contributed by atoms with Crippen LogP contribution in [0.5, 0.6) is 6.01 Å². The molecule has 1 aromatic heterocycles. The lowest BCUT2D eigenvalue weighted by Crippen LogP contribution is -2.12. The Morgan fingerprint density at radius 1 is 1.21 bits per heavy atom. The van der Waals surface area contributed by atoms with Gasteiger partial charge >= 0.3 is 6.01 Å². The number of nitrogens with one attached hydrogen (secondary N) is 1. The zero-order valence-corrected chi connectivity index (χ0v) is 11.9. The van der Waals surface area contributed by atoms with Crippen LogP contribution in [0.25, 0.3) is 0 Å². The van der Waals surface area contributed by atoms with E-state index in [9.17, 15) is 0 Å². The molecule has 0 spiro atoms. The first-order chi connectivity index (χ1) is 9.27. The molecule has 6 heteroatoms. The van der Waals surface area contributed by atoms with Crippen molar-refractivity contribution in [3.05, 3.63) is 17.5 Å². The molecule has 1 aromatic rings. The van der Waals surface area contributed by atoms with Gasteiger partial charge in [-0.15, -0.1) is 0 Å². The van der Waals surface area contributed by atoms with Gasteiger partial charge in [-0.2, -0.15) is 0 Å². The molecule has 0 aliphatic heterocycles. The van der Waals surface area contributed by atoms with Gasteiger partial charge in [0.15, 0.2) is 0 Å². The summed E-state index contributed by atoms with van der Waals surface area (Å²) in [6.45, 7) is 5.09. The maximum absolute atomic E-state index is 5.43. The van der Waals surface area contributed by atoms with Crippen LogP contribution in [0.1, 0.15) is 17.7 Å². The highest BCUT2D eigenvalue weighted by atomic mass is 16.5. The molecule has 0 atom stereocenters. The van der Waals surface area contributed by atoms with Gasteiger partial charge in [0, 0.05) is 44.3 Å². The quantitative estimate of drug-likeness (QED) is 0.638. The first-order valence-electron chi connectivity index (χ1n) is 6.44. The van der Waals surface area contributed by atoms with Crippen molar-refractivity contribution >= 4 is 0 Å². The van der Waals surface area contributed by atoms with E-state index in [1.807, 2.05) is 14.0 Å². The van der Waals surface area contributed by atoms with E-state index in [1.54, 1.807) is 13.3 Å². The first-order valence-corrected chi connectivity index (χ1v) is 6.44. The van der Waals surface area contributed by atoms with Crippen molar-refractivity contribution in [3.8, 4) is 6.01 Å². The molecule has 0 aromatic carbocycles. The van der Waals surface area contributed by atoms with Crippen LogP contribution in [-0.4, -0.2) is 50.6 Å². The van der Waals surface area contributed by atoms with E-state index in [4.69, 9.17) is 14.2 Å². The van der Waals surface area contributed by atoms with Crippen molar-refractivity contribution in [3.63, 3.8) is 0 Å². The zero-order valence-electron chi connectivity index (χ0n) is 11.9. The average Bonchev–Trinajstić information content (AvgIpc) is 2.41. The standard InChI is InChI=1S/C13H23N3O3/c1-11-12(9-14-2)10-15-13(16-11)19-8-7-18-6-4-5-17-3/h10,14H,4-9H2,1-3H3. The van der Waals surface area contributed by atoms with Gasteiger partial charge < -0.3 is 19.5 Å². The lowest BCUT2D eigenvalue weighted by atomic mass is 10.2. The van der Waals surface area contributed by atoms with Crippen molar-refractivity contribution in [1.29, 1.82) is 0 Å². The first kappa shape index (κ1) is 15.8. The molecule has 0 bridgehead atoms. The topological polar surface area (TPSA) is 65.5 Å². The number of nitrogens with zero attached hydrogens (tertiary/aromatic N) is 2. The summed E-state index contributed by atoms with van der Waals surface area (Å²) in [6, 6.07) is 0.401. The molecule has 0 fully saturated rings. The van der Waals surface area contributed by atoms with Crippen LogP contribution in [0.4, 0.5) is 0 Å². The third-order valence-corrected chi connectivity index (χ3v) is 2.52. The fraction of sp³-hybridized carbons (Fsp3) is 0.692. The summed E-state index contributed by atoms with van der Waals surface area (Å²) in [5.41, 5.74) is 2.01. The Bertz CT molecular complexity index is 361. The number of ether oxygens (including phenoxy) is 3. The molecule has 0 radical (unpaired) electrons. The Morgan fingerprint density at radius 2 is 2.05 bits per heavy atom. The van der Waals surface area contributed by atoms with Gasteiger partial charge in [-0.05, 0) is 20.4 Å². The van der Waals surface area contributed by atoms with Crippen LogP contribution < -0.4 is 10.1 Å². The molecule has 1 N–H and O–H groups in total. The highest BCUT2D eigenvalue weighted by Gasteiger charge is 2.03. The maximum atomic E-state index is 5.43. The van der Waals surface area contributed by atoms with E-state index in [0.29, 0.717) is 25.8 Å². The third kappa shape index (κ3) is 6.47. The Hall–Kier alpha value is -1.24. The predicted molar refractivity (Wildman–Crippen MR) is 72.3 cm³/mol. The monoisotopic (exact) mass is 269 g/mol. The van der Waals surface area contributed by atoms with Gasteiger partial charge in [0.1, 0.15) is 6.61 Å². The van der Waals surface area contributed by atoms with Crippen LogP contribution in [-0.2, 0) is 16.0 Å². The van der Waals surface area contributed by atoms with Crippen molar-refractivity contribution in [2.24, 2.45) is 0 Å². The van der Waals surface area contributed by atoms with Gasteiger partial charge in [-0.3, -0.25) is 0 Å². The predicted octanol–water partition coefficient (Wildman–Crippen LogP) is 0.936. The molecule has 6 nitrogen and oxygen atoms in total. The summed E-state index contributed by atoms with van der Waals surface area (Å²) in [7, 11) is 3.57. The minimum absolute atomic E-state index is 0.401. The molecule has 0 aliphatic carbocycles. The number of aromatic nitrogens is 2. The second-order valence-corrected chi connectivity index (χ2v) is 4.10. The van der Waals surface area contributed by atoms with Crippen LogP contribution in [0.15, 0.2) is 6.20 Å². The summed E-state index contributed by atoms with van der Waals surface area (Å²) < 4.78 is 15.7. The molecule has 1 rings (SSSR count). The van der Waals surface area contributed by atoms with E-state index in [-0.39, 0.29) is 0 Å². The number of methoxy groups -OCH3 is 1. The number of hydrogen-bond donors (Lipinski definition) is 1. The molecule has 0 unspecified atom stereocenters. The lowest BCUT2D eigenvalue weighted by Gasteiger charge is -2.08. The van der Waals surface area contributed by atoms with Crippen LogP contribution >= 0.6 is 0 Å². The highest BCUT2D eigenvalue weighted by Crippen LogP contribution is 2.08. The molecule has 0 amide bonds. The third-order valence-electron chi connectivity index (χ3n) is 2.52. The van der Waals surface area contributed by atoms with Gasteiger partial charge in [0.25, 0.3) is 0 Å². The average molecular weight is 269 g/mol. The Kier molecular flexibility index (Phi) is 8.04. The Balaban J connectivity index is 2.20. The second kappa shape index (κ2) is 9.66. The molecule has 19 heavy (non-hydrogen) atoms. The van der Waals surface area contributed by atoms with Crippen LogP contribution in [0, 0.1) is 6.92 Å².